The van der Waals surface area contributed by atoms with Crippen LogP contribution in [0.5, 0.6) is 0 Å². The molecule has 10 aromatic rings. The maximum Gasteiger partial charge on any atom is 0.160 e. The number of furan rings is 1. The van der Waals surface area contributed by atoms with Crippen molar-refractivity contribution in [3.63, 3.8) is 0 Å². The van der Waals surface area contributed by atoms with Crippen LogP contribution in [0, 0.1) is 0 Å². The molecule has 52 heavy (non-hydrogen) atoms. The molecule has 0 atom stereocenters. The minimum atomic E-state index is 0.691. The lowest BCUT2D eigenvalue weighted by Crippen LogP contribution is -1.97. The Hall–Kier alpha value is -7.11. The molecule has 0 aliphatic heterocycles. The third-order valence-electron chi connectivity index (χ3n) is 9.65. The van der Waals surface area contributed by atoms with E-state index in [1.807, 2.05) is 54.6 Å². The molecule has 0 spiro atoms. The molecule has 7 aromatic carbocycles. The van der Waals surface area contributed by atoms with Crippen LogP contribution < -0.4 is 0 Å². The number of aromatic nitrogens is 4. The Morgan fingerprint density at radius 1 is 0.423 bits per heavy atom. The maximum atomic E-state index is 6.44. The Labute approximate surface area is 300 Å². The van der Waals surface area contributed by atoms with Crippen LogP contribution in [0.4, 0.5) is 0 Å². The maximum absolute atomic E-state index is 6.44. The summed E-state index contributed by atoms with van der Waals surface area (Å²) in [5, 5.41) is 2.12. The van der Waals surface area contributed by atoms with Gasteiger partial charge in [-0.15, -0.1) is 0 Å². The van der Waals surface area contributed by atoms with Crippen molar-refractivity contribution in [3.05, 3.63) is 182 Å². The highest BCUT2D eigenvalue weighted by Gasteiger charge is 2.18. The molecule has 0 unspecified atom stereocenters. The van der Waals surface area contributed by atoms with Gasteiger partial charge in [0.25, 0.3) is 0 Å². The Morgan fingerprint density at radius 3 is 1.81 bits per heavy atom. The third kappa shape index (κ3) is 5.15. The van der Waals surface area contributed by atoms with Crippen molar-refractivity contribution in [2.45, 2.75) is 0 Å². The molecule has 3 aromatic heterocycles. The largest absolute Gasteiger partial charge is 0.456 e. The Kier molecular flexibility index (Phi) is 7.07. The summed E-state index contributed by atoms with van der Waals surface area (Å²) in [6.45, 7) is 0. The van der Waals surface area contributed by atoms with Gasteiger partial charge in [-0.2, -0.15) is 0 Å². The summed E-state index contributed by atoms with van der Waals surface area (Å²) >= 11 is 0. The second kappa shape index (κ2) is 12.3. The van der Waals surface area contributed by atoms with Crippen molar-refractivity contribution in [1.82, 2.24) is 19.5 Å². The van der Waals surface area contributed by atoms with Crippen molar-refractivity contribution in [2.75, 3.05) is 0 Å². The van der Waals surface area contributed by atoms with Gasteiger partial charge < -0.3 is 4.42 Å². The van der Waals surface area contributed by atoms with Gasteiger partial charge in [0, 0.05) is 38.7 Å². The van der Waals surface area contributed by atoms with Crippen molar-refractivity contribution in [2.24, 2.45) is 0 Å². The van der Waals surface area contributed by atoms with Gasteiger partial charge in [-0.25, -0.2) is 15.0 Å². The van der Waals surface area contributed by atoms with Gasteiger partial charge in [-0.05, 0) is 65.7 Å². The van der Waals surface area contributed by atoms with E-state index < -0.39 is 0 Å². The van der Waals surface area contributed by atoms with E-state index in [4.69, 9.17) is 19.4 Å². The molecule has 0 radical (unpaired) electrons. The van der Waals surface area contributed by atoms with Crippen molar-refractivity contribution in [3.8, 4) is 62.1 Å². The Bertz CT molecular complexity index is 2820. The lowest BCUT2D eigenvalue weighted by atomic mass is 9.98. The van der Waals surface area contributed by atoms with Gasteiger partial charge in [0.2, 0.25) is 0 Å². The number of nitrogens with zero attached hydrogens (tertiary/aromatic N) is 4. The predicted molar refractivity (Wildman–Crippen MR) is 211 cm³/mol. The molecule has 5 nitrogen and oxygen atoms in total. The van der Waals surface area contributed by atoms with E-state index in [9.17, 15) is 0 Å². The second-order valence-corrected chi connectivity index (χ2v) is 12.9. The quantitative estimate of drug-likeness (QED) is 0.177. The van der Waals surface area contributed by atoms with Gasteiger partial charge in [0.1, 0.15) is 17.0 Å². The minimum Gasteiger partial charge on any atom is -0.456 e. The van der Waals surface area contributed by atoms with Crippen LogP contribution in [-0.2, 0) is 0 Å². The highest BCUT2D eigenvalue weighted by Crippen LogP contribution is 2.39. The molecule has 0 N–H and O–H groups in total. The fraction of sp³-hybridized carbons (Fsp3) is 0. The van der Waals surface area contributed by atoms with Gasteiger partial charge >= 0.3 is 0 Å². The third-order valence-corrected chi connectivity index (χ3v) is 9.65. The molecule has 0 saturated carbocycles. The smallest absolute Gasteiger partial charge is 0.160 e. The number of para-hydroxylation sites is 2. The molecule has 0 aliphatic carbocycles. The molecule has 5 heteroatoms. The van der Waals surface area contributed by atoms with E-state index in [0.717, 1.165) is 89.3 Å². The first-order chi connectivity index (χ1) is 25.8. The van der Waals surface area contributed by atoms with Gasteiger partial charge in [-0.1, -0.05) is 127 Å². The Morgan fingerprint density at radius 2 is 1.06 bits per heavy atom. The SMILES string of the molecule is c1ccc(-c2cc(-c3ccc4oc5cccc(-c6ccc(-n7c(-c8ccccc8)nc8ccccc87)cc6)c5c4c3)nc(-c3ccccc3)n2)cc1. The summed E-state index contributed by atoms with van der Waals surface area (Å²) in [6, 6.07) is 62.5. The van der Waals surface area contributed by atoms with Gasteiger partial charge in [-0.3, -0.25) is 4.57 Å². The molecular formula is C47H30N4O. The highest BCUT2D eigenvalue weighted by atomic mass is 16.3. The van der Waals surface area contributed by atoms with E-state index in [1.165, 1.54) is 0 Å². The van der Waals surface area contributed by atoms with E-state index in [1.54, 1.807) is 0 Å². The first-order valence-electron chi connectivity index (χ1n) is 17.4. The van der Waals surface area contributed by atoms with Crippen LogP contribution in [0.3, 0.4) is 0 Å². The zero-order valence-electron chi connectivity index (χ0n) is 28.0. The van der Waals surface area contributed by atoms with Crippen LogP contribution in [0.1, 0.15) is 0 Å². The molecule has 10 rings (SSSR count). The molecule has 244 valence electrons. The van der Waals surface area contributed by atoms with Crippen LogP contribution in [0.2, 0.25) is 0 Å². The molecular weight excluding hydrogens is 637 g/mol. The van der Waals surface area contributed by atoms with Crippen LogP contribution in [0.25, 0.3) is 95.1 Å². The van der Waals surface area contributed by atoms with Crippen LogP contribution in [-0.4, -0.2) is 19.5 Å². The normalized spacial score (nSPS) is 11.5. The monoisotopic (exact) mass is 666 g/mol. The zero-order chi connectivity index (χ0) is 34.4. The van der Waals surface area contributed by atoms with E-state index in [2.05, 4.69) is 132 Å². The molecule has 0 amide bonds. The lowest BCUT2D eigenvalue weighted by molar-refractivity contribution is 0.669. The van der Waals surface area contributed by atoms with Gasteiger partial charge in [0.15, 0.2) is 5.82 Å². The summed E-state index contributed by atoms with van der Waals surface area (Å²) in [6.07, 6.45) is 0. The number of benzene rings is 7. The van der Waals surface area contributed by atoms with Crippen LogP contribution in [0.15, 0.2) is 186 Å². The fourth-order valence-electron chi connectivity index (χ4n) is 7.15. The number of hydrogen-bond acceptors (Lipinski definition) is 4. The average molecular weight is 667 g/mol. The van der Waals surface area contributed by atoms with Crippen molar-refractivity contribution >= 4 is 33.0 Å². The minimum absolute atomic E-state index is 0.691. The molecule has 0 aliphatic rings. The van der Waals surface area contributed by atoms with Crippen molar-refractivity contribution < 1.29 is 4.42 Å². The first kappa shape index (κ1) is 29.8. The number of hydrogen-bond donors (Lipinski definition) is 0. The molecule has 0 fully saturated rings. The lowest BCUT2D eigenvalue weighted by Gasteiger charge is -2.11. The summed E-state index contributed by atoms with van der Waals surface area (Å²) in [5.41, 5.74) is 12.8. The summed E-state index contributed by atoms with van der Waals surface area (Å²) in [4.78, 5) is 15.1. The molecule has 0 saturated heterocycles. The van der Waals surface area contributed by atoms with E-state index in [0.29, 0.717) is 5.82 Å². The highest BCUT2D eigenvalue weighted by molar-refractivity contribution is 6.13. The second-order valence-electron chi connectivity index (χ2n) is 12.9. The number of imidazole rings is 1. The Balaban J connectivity index is 1.10. The average Bonchev–Trinajstić information content (AvgIpc) is 3.80. The predicted octanol–water partition coefficient (Wildman–Crippen LogP) is 12.0. The summed E-state index contributed by atoms with van der Waals surface area (Å²) in [7, 11) is 0. The zero-order valence-corrected chi connectivity index (χ0v) is 28.0. The molecule has 0 bridgehead atoms. The topological polar surface area (TPSA) is 56.7 Å². The van der Waals surface area contributed by atoms with Gasteiger partial charge in [0.05, 0.1) is 22.4 Å². The fourth-order valence-corrected chi connectivity index (χ4v) is 7.15. The van der Waals surface area contributed by atoms with Crippen LogP contribution >= 0.6 is 0 Å². The standard InChI is InChI=1S/C47H30N4O/c1-4-13-32(14-5-1)40-30-41(49-46(48-40)33-15-6-2-7-16-33)35-25-28-43-38(29-35)45-37(19-12-22-44(45)52-43)31-23-26-36(27-24-31)51-42-21-11-10-20-39(42)50-47(51)34-17-8-3-9-18-34/h1-30H. The van der Waals surface area contributed by atoms with Crippen molar-refractivity contribution in [1.29, 1.82) is 0 Å². The summed E-state index contributed by atoms with van der Waals surface area (Å²) in [5.74, 6) is 1.61. The van der Waals surface area contributed by atoms with E-state index >= 15 is 0 Å². The first-order valence-corrected chi connectivity index (χ1v) is 17.4. The van der Waals surface area contributed by atoms with E-state index in [-0.39, 0.29) is 0 Å². The molecule has 3 heterocycles. The summed E-state index contributed by atoms with van der Waals surface area (Å²) < 4.78 is 8.68. The number of fused-ring (bicyclic) bond motifs is 4. The number of rotatable bonds is 6.